The smallest absolute Gasteiger partial charge is 0.198 e. The molecular weight excluding hydrogens is 480 g/mol. The number of carbonyl (C=O) groups is 4. The van der Waals surface area contributed by atoms with E-state index in [9.17, 15) is 19.2 Å². The summed E-state index contributed by atoms with van der Waals surface area (Å²) in [5.41, 5.74) is 1.72. The number of benzene rings is 4. The second kappa shape index (κ2) is 8.78. The lowest BCUT2D eigenvalue weighted by Crippen LogP contribution is -2.14. The van der Waals surface area contributed by atoms with Gasteiger partial charge in [-0.25, -0.2) is 0 Å². The van der Waals surface area contributed by atoms with Crippen molar-refractivity contribution < 1.29 is 28.7 Å². The Balaban J connectivity index is 1.41. The van der Waals surface area contributed by atoms with Crippen LogP contribution in [0.25, 0.3) is 11.1 Å². The third kappa shape index (κ3) is 3.50. The zero-order valence-corrected chi connectivity index (χ0v) is 20.5. The predicted molar refractivity (Wildman–Crippen MR) is 140 cm³/mol. The lowest BCUT2D eigenvalue weighted by Gasteiger charge is -2.00. The van der Waals surface area contributed by atoms with E-state index < -0.39 is 0 Å². The molecule has 2 aliphatic carbocycles. The van der Waals surface area contributed by atoms with Crippen molar-refractivity contribution in [3.05, 3.63) is 128 Å². The Labute approximate surface area is 216 Å². The van der Waals surface area contributed by atoms with Gasteiger partial charge in [-0.2, -0.15) is 0 Å². The molecule has 0 bridgehead atoms. The molecule has 184 valence electrons. The number of Topliss-reactive ketones (excluding diaryl/α,β-unsaturated/α-hetero) is 4. The number of hydrogen-bond donors (Lipinski definition) is 0. The van der Waals surface area contributed by atoms with E-state index in [1.165, 1.54) is 14.2 Å². The Bertz CT molecular complexity index is 1780. The number of hydrogen-bond acceptors (Lipinski definition) is 6. The summed E-state index contributed by atoms with van der Waals surface area (Å²) in [5.74, 6) is -0.192. The highest BCUT2D eigenvalue weighted by Gasteiger charge is 2.34. The molecule has 6 rings (SSSR count). The van der Waals surface area contributed by atoms with E-state index in [0.29, 0.717) is 44.2 Å². The van der Waals surface area contributed by atoms with E-state index in [0.717, 1.165) is 10.4 Å². The fraction of sp³-hybridized carbons (Fsp3) is 0.0625. The second-order valence-corrected chi connectivity index (χ2v) is 9.04. The maximum absolute atomic E-state index is 13.0. The fourth-order valence-corrected chi connectivity index (χ4v) is 5.00. The molecule has 4 aromatic carbocycles. The van der Waals surface area contributed by atoms with Gasteiger partial charge < -0.3 is 9.47 Å². The first-order valence-electron chi connectivity index (χ1n) is 11.9. The molecule has 4 aromatic rings. The number of carbonyl (C=O) groups excluding carboxylic acids is 4. The van der Waals surface area contributed by atoms with E-state index in [-0.39, 0.29) is 34.3 Å². The summed E-state index contributed by atoms with van der Waals surface area (Å²) < 4.78 is 10.4. The van der Waals surface area contributed by atoms with Crippen LogP contribution in [0.3, 0.4) is 0 Å². The molecule has 2 aliphatic rings. The molecule has 38 heavy (non-hydrogen) atoms. The summed E-state index contributed by atoms with van der Waals surface area (Å²) in [6, 6.07) is 24.1. The minimum atomic E-state index is -0.317. The van der Waals surface area contributed by atoms with Crippen molar-refractivity contribution in [3.8, 4) is 11.5 Å². The van der Waals surface area contributed by atoms with Crippen molar-refractivity contribution in [3.63, 3.8) is 0 Å². The van der Waals surface area contributed by atoms with Crippen molar-refractivity contribution in [2.75, 3.05) is 14.2 Å². The van der Waals surface area contributed by atoms with E-state index in [2.05, 4.69) is 0 Å². The fourth-order valence-electron chi connectivity index (χ4n) is 5.00. The molecule has 0 N–H and O–H groups in total. The summed E-state index contributed by atoms with van der Waals surface area (Å²) in [5, 5.41) is 2.81. The van der Waals surface area contributed by atoms with Crippen LogP contribution in [0.4, 0.5) is 0 Å². The maximum atomic E-state index is 13.0. The molecule has 0 aliphatic heterocycles. The van der Waals surface area contributed by atoms with Gasteiger partial charge in [0.05, 0.1) is 25.4 Å². The zero-order chi connectivity index (χ0) is 26.6. The molecule has 0 atom stereocenters. The van der Waals surface area contributed by atoms with Crippen molar-refractivity contribution in [2.24, 2.45) is 0 Å². The first-order valence-corrected chi connectivity index (χ1v) is 11.9. The van der Waals surface area contributed by atoms with E-state index in [1.54, 1.807) is 60.7 Å². The first-order chi connectivity index (χ1) is 18.4. The molecule has 6 nitrogen and oxygen atoms in total. The normalized spacial score (nSPS) is 14.2. The standard InChI is InChI=1S/C32H20O6/c1-37-21-11-13-23-25(15-21)31(35)27(29(23)33)19-7-3-17(4-8-19)18-5-9-20(10-6-18)28-30(34)24-14-12-22(38-2)16-26(24)32(28)36/h3-16H,1-2H3. The first kappa shape index (κ1) is 23.3. The van der Waals surface area contributed by atoms with E-state index >= 15 is 0 Å². The summed E-state index contributed by atoms with van der Waals surface area (Å²) in [7, 11) is 3.02. The third-order valence-corrected chi connectivity index (χ3v) is 7.02. The van der Waals surface area contributed by atoms with Crippen molar-refractivity contribution in [1.29, 1.82) is 0 Å². The van der Waals surface area contributed by atoms with Gasteiger partial charge in [-0.15, -0.1) is 0 Å². The van der Waals surface area contributed by atoms with Crippen LogP contribution >= 0.6 is 0 Å². The highest BCUT2D eigenvalue weighted by Crippen LogP contribution is 2.31. The van der Waals surface area contributed by atoms with Gasteiger partial charge in [-0.1, -0.05) is 48.5 Å². The van der Waals surface area contributed by atoms with Crippen LogP contribution in [0.2, 0.25) is 0 Å². The van der Waals surface area contributed by atoms with Crippen LogP contribution in [0.1, 0.15) is 41.4 Å². The molecule has 0 spiro atoms. The zero-order valence-electron chi connectivity index (χ0n) is 20.5. The minimum Gasteiger partial charge on any atom is -0.497 e. The van der Waals surface area contributed by atoms with Crippen LogP contribution in [0, 0.1) is 10.4 Å². The average Bonchev–Trinajstić information content (AvgIpc) is 3.36. The highest BCUT2D eigenvalue weighted by atomic mass is 16.5. The van der Waals surface area contributed by atoms with Gasteiger partial charge in [-0.3, -0.25) is 19.2 Å². The van der Waals surface area contributed by atoms with E-state index in [4.69, 9.17) is 9.47 Å². The number of fused-ring (bicyclic) bond motifs is 2. The van der Waals surface area contributed by atoms with Crippen LogP contribution < -0.4 is 19.9 Å². The molecule has 0 fully saturated rings. The Kier molecular flexibility index (Phi) is 5.39. The molecule has 0 saturated carbocycles. The molecular formula is C32H20O6. The van der Waals surface area contributed by atoms with Crippen molar-refractivity contribution >= 4 is 34.3 Å². The van der Waals surface area contributed by atoms with Crippen LogP contribution in [-0.4, -0.2) is 37.4 Å². The summed E-state index contributed by atoms with van der Waals surface area (Å²) in [6.07, 6.45) is 0. The summed E-state index contributed by atoms with van der Waals surface area (Å²) in [6.45, 7) is 0. The molecule has 0 radical (unpaired) electrons. The molecule has 0 amide bonds. The number of rotatable bonds is 2. The van der Waals surface area contributed by atoms with Crippen molar-refractivity contribution in [1.82, 2.24) is 0 Å². The van der Waals surface area contributed by atoms with Gasteiger partial charge >= 0.3 is 0 Å². The monoisotopic (exact) mass is 500 g/mol. The van der Waals surface area contributed by atoms with Gasteiger partial charge in [0.1, 0.15) is 11.5 Å². The van der Waals surface area contributed by atoms with Crippen molar-refractivity contribution in [2.45, 2.75) is 0 Å². The molecule has 0 heterocycles. The quantitative estimate of drug-likeness (QED) is 0.419. The SMILES string of the molecule is COc1ccc2c(c1)C(=O)C(=c1ccc(=c3ccc(=C4C(=O)c5ccc(OC)cc5C4=O)cc3)cc1)C2=O. The van der Waals surface area contributed by atoms with Crippen LogP contribution in [0.5, 0.6) is 11.5 Å². The Hall–Kier alpha value is -5.10. The number of ketones is 4. The van der Waals surface area contributed by atoms with Crippen LogP contribution in [-0.2, 0) is 0 Å². The topological polar surface area (TPSA) is 86.7 Å². The average molecular weight is 501 g/mol. The van der Waals surface area contributed by atoms with Gasteiger partial charge in [0.25, 0.3) is 0 Å². The van der Waals surface area contributed by atoms with Crippen LogP contribution in [0.15, 0.2) is 84.9 Å². The molecule has 0 aromatic heterocycles. The predicted octanol–water partition coefficient (Wildman–Crippen LogP) is 3.45. The minimum absolute atomic E-state index is 0.140. The Morgan fingerprint density at radius 3 is 1.05 bits per heavy atom. The number of ether oxygens (including phenoxy) is 2. The van der Waals surface area contributed by atoms with Gasteiger partial charge in [-0.05, 0) is 57.3 Å². The largest absolute Gasteiger partial charge is 0.497 e. The maximum Gasteiger partial charge on any atom is 0.198 e. The Morgan fingerprint density at radius 1 is 0.395 bits per heavy atom. The van der Waals surface area contributed by atoms with Gasteiger partial charge in [0.2, 0.25) is 0 Å². The second-order valence-electron chi connectivity index (χ2n) is 9.04. The summed E-state index contributed by atoms with van der Waals surface area (Å²) >= 11 is 0. The summed E-state index contributed by atoms with van der Waals surface area (Å²) in [4.78, 5) is 51.8. The highest BCUT2D eigenvalue weighted by molar-refractivity contribution is 6.56. The lowest BCUT2D eigenvalue weighted by atomic mass is 10.1. The molecule has 0 unspecified atom stereocenters. The Morgan fingerprint density at radius 2 is 0.711 bits per heavy atom. The third-order valence-electron chi connectivity index (χ3n) is 7.02. The van der Waals surface area contributed by atoms with E-state index in [1.807, 2.05) is 24.3 Å². The number of methoxy groups -OCH3 is 2. The molecule has 6 heteroatoms. The molecule has 0 saturated heterocycles. The lowest BCUT2D eigenvalue weighted by molar-refractivity contribution is 0.101. The van der Waals surface area contributed by atoms with Gasteiger partial charge in [0.15, 0.2) is 23.1 Å². The van der Waals surface area contributed by atoms with Gasteiger partial charge in [0, 0.05) is 22.3 Å².